The van der Waals surface area contributed by atoms with Crippen LogP contribution in [0.5, 0.6) is 0 Å². The van der Waals surface area contributed by atoms with E-state index in [1.54, 1.807) is 6.92 Å². The average Bonchev–Trinajstić information content (AvgIpc) is 2.35. The number of carbonyl (C=O) groups excluding carboxylic acids is 1. The van der Waals surface area contributed by atoms with E-state index in [4.69, 9.17) is 4.74 Å². The van der Waals surface area contributed by atoms with Crippen molar-refractivity contribution < 1.29 is 19.4 Å². The van der Waals surface area contributed by atoms with Crippen molar-refractivity contribution in [2.75, 3.05) is 19.8 Å². The predicted molar refractivity (Wildman–Crippen MR) is 40.3 cm³/mol. The first-order chi connectivity index (χ1) is 5.58. The van der Waals surface area contributed by atoms with Crippen LogP contribution in [0, 0.1) is 0 Å². The molecular weight excluding hydrogens is 162 g/mol. The van der Waals surface area contributed by atoms with E-state index in [-0.39, 0.29) is 0 Å². The first kappa shape index (κ1) is 9.28. The van der Waals surface area contributed by atoms with Crippen molar-refractivity contribution in [2.45, 2.75) is 19.8 Å². The van der Waals surface area contributed by atoms with Crippen LogP contribution in [0.25, 0.3) is 0 Å². The van der Waals surface area contributed by atoms with Gasteiger partial charge in [-0.15, -0.1) is 0 Å². The zero-order valence-electron chi connectivity index (χ0n) is 7.24. The van der Waals surface area contributed by atoms with Crippen molar-refractivity contribution in [3.8, 4) is 0 Å². The van der Waals surface area contributed by atoms with Crippen LogP contribution in [0.3, 0.4) is 0 Å². The van der Waals surface area contributed by atoms with Gasteiger partial charge in [0.05, 0.1) is 6.54 Å². The van der Waals surface area contributed by atoms with Gasteiger partial charge in [0.15, 0.2) is 0 Å². The SMILES string of the molecule is CCOC(C)(O)N1CCOC1=O. The minimum absolute atomic E-state index is 0.308. The Morgan fingerprint density at radius 2 is 2.50 bits per heavy atom. The third-order valence-corrected chi connectivity index (χ3v) is 1.68. The van der Waals surface area contributed by atoms with Gasteiger partial charge < -0.3 is 14.6 Å². The third kappa shape index (κ3) is 1.67. The summed E-state index contributed by atoms with van der Waals surface area (Å²) in [5.41, 5.74) is 0. The molecule has 0 aliphatic carbocycles. The lowest BCUT2D eigenvalue weighted by Crippen LogP contribution is -2.49. The summed E-state index contributed by atoms with van der Waals surface area (Å²) < 4.78 is 9.61. The van der Waals surface area contributed by atoms with Crippen molar-refractivity contribution >= 4 is 6.09 Å². The minimum Gasteiger partial charge on any atom is -0.447 e. The van der Waals surface area contributed by atoms with Crippen LogP contribution in [0.4, 0.5) is 4.79 Å². The van der Waals surface area contributed by atoms with Gasteiger partial charge in [0, 0.05) is 13.5 Å². The van der Waals surface area contributed by atoms with Gasteiger partial charge in [-0.1, -0.05) is 0 Å². The molecular formula is C7H13NO4. The maximum absolute atomic E-state index is 11.0. The highest BCUT2D eigenvalue weighted by molar-refractivity contribution is 5.69. The van der Waals surface area contributed by atoms with Crippen molar-refractivity contribution in [3.05, 3.63) is 0 Å². The van der Waals surface area contributed by atoms with E-state index in [0.29, 0.717) is 19.8 Å². The summed E-state index contributed by atoms with van der Waals surface area (Å²) in [7, 11) is 0. The van der Waals surface area contributed by atoms with E-state index >= 15 is 0 Å². The van der Waals surface area contributed by atoms with Crippen LogP contribution < -0.4 is 0 Å². The summed E-state index contributed by atoms with van der Waals surface area (Å²) in [5.74, 6) is -1.54. The van der Waals surface area contributed by atoms with Crippen LogP contribution >= 0.6 is 0 Å². The molecule has 70 valence electrons. The van der Waals surface area contributed by atoms with Gasteiger partial charge in [0.25, 0.3) is 5.91 Å². The molecule has 1 saturated heterocycles. The molecule has 5 heteroatoms. The molecule has 1 aliphatic rings. The Balaban J connectivity index is 2.60. The lowest BCUT2D eigenvalue weighted by molar-refractivity contribution is -0.258. The highest BCUT2D eigenvalue weighted by atomic mass is 16.7. The van der Waals surface area contributed by atoms with Crippen LogP contribution in [0.15, 0.2) is 0 Å². The van der Waals surface area contributed by atoms with E-state index in [0.717, 1.165) is 4.90 Å². The van der Waals surface area contributed by atoms with E-state index in [1.807, 2.05) is 0 Å². The molecule has 0 saturated carbocycles. The Morgan fingerprint density at radius 3 is 2.92 bits per heavy atom. The fourth-order valence-electron chi connectivity index (χ4n) is 1.12. The summed E-state index contributed by atoms with van der Waals surface area (Å²) in [4.78, 5) is 12.1. The molecule has 12 heavy (non-hydrogen) atoms. The second kappa shape index (κ2) is 3.28. The number of nitrogens with zero attached hydrogens (tertiary/aromatic N) is 1. The second-order valence-electron chi connectivity index (χ2n) is 2.63. The maximum atomic E-state index is 11.0. The van der Waals surface area contributed by atoms with E-state index in [2.05, 4.69) is 4.74 Å². The van der Waals surface area contributed by atoms with Crippen LogP contribution in [-0.2, 0) is 9.47 Å². The predicted octanol–water partition coefficient (Wildman–Crippen LogP) is 0.141. The Kier molecular flexibility index (Phi) is 2.54. The number of cyclic esters (lactones) is 1. The number of aliphatic hydroxyl groups is 1. The monoisotopic (exact) mass is 175 g/mol. The third-order valence-electron chi connectivity index (χ3n) is 1.68. The number of hydrogen-bond donors (Lipinski definition) is 1. The topological polar surface area (TPSA) is 59.0 Å². The molecule has 1 rings (SSSR count). The molecule has 0 aromatic rings. The van der Waals surface area contributed by atoms with Gasteiger partial charge in [-0.05, 0) is 6.92 Å². The molecule has 1 amide bonds. The van der Waals surface area contributed by atoms with E-state index < -0.39 is 12.0 Å². The molecule has 0 bridgehead atoms. The molecule has 1 unspecified atom stereocenters. The van der Waals surface area contributed by atoms with Crippen molar-refractivity contribution in [3.63, 3.8) is 0 Å². The van der Waals surface area contributed by atoms with Crippen molar-refractivity contribution in [2.24, 2.45) is 0 Å². The largest absolute Gasteiger partial charge is 0.447 e. The van der Waals surface area contributed by atoms with E-state index in [9.17, 15) is 9.90 Å². The highest BCUT2D eigenvalue weighted by Crippen LogP contribution is 2.17. The van der Waals surface area contributed by atoms with Gasteiger partial charge in [-0.25, -0.2) is 4.79 Å². The fraction of sp³-hybridized carbons (Fsp3) is 0.857. The minimum atomic E-state index is -1.54. The quantitative estimate of drug-likeness (QED) is 0.620. The van der Waals surface area contributed by atoms with E-state index in [1.165, 1.54) is 6.92 Å². The molecule has 1 N–H and O–H groups in total. The molecule has 5 nitrogen and oxygen atoms in total. The van der Waals surface area contributed by atoms with Gasteiger partial charge >= 0.3 is 6.09 Å². The molecule has 0 spiro atoms. The zero-order chi connectivity index (χ0) is 9.19. The smallest absolute Gasteiger partial charge is 0.414 e. The number of rotatable bonds is 3. The molecule has 1 aliphatic heterocycles. The van der Waals surface area contributed by atoms with Crippen LogP contribution in [0.1, 0.15) is 13.8 Å². The van der Waals surface area contributed by atoms with Crippen LogP contribution in [0.2, 0.25) is 0 Å². The van der Waals surface area contributed by atoms with Gasteiger partial charge in [0.2, 0.25) is 0 Å². The van der Waals surface area contributed by atoms with Gasteiger partial charge in [-0.3, -0.25) is 4.90 Å². The first-order valence-corrected chi connectivity index (χ1v) is 3.88. The zero-order valence-corrected chi connectivity index (χ0v) is 7.24. The van der Waals surface area contributed by atoms with Crippen molar-refractivity contribution in [1.82, 2.24) is 4.90 Å². The number of amides is 1. The van der Waals surface area contributed by atoms with Gasteiger partial charge in [-0.2, -0.15) is 0 Å². The molecule has 1 atom stereocenters. The Hall–Kier alpha value is -0.810. The number of carbonyl (C=O) groups is 1. The molecule has 0 aromatic heterocycles. The summed E-state index contributed by atoms with van der Waals surface area (Å²) in [6.45, 7) is 4.18. The highest BCUT2D eigenvalue weighted by Gasteiger charge is 2.38. The lowest BCUT2D eigenvalue weighted by Gasteiger charge is -2.30. The normalized spacial score (nSPS) is 22.2. The number of ether oxygens (including phenoxy) is 2. The molecule has 0 aromatic carbocycles. The summed E-state index contributed by atoms with van der Waals surface area (Å²) in [6, 6.07) is 0. The molecule has 1 fully saturated rings. The van der Waals surface area contributed by atoms with Gasteiger partial charge in [0.1, 0.15) is 6.61 Å². The summed E-state index contributed by atoms with van der Waals surface area (Å²) in [5, 5.41) is 9.59. The van der Waals surface area contributed by atoms with Crippen LogP contribution in [-0.4, -0.2) is 41.8 Å². The standard InChI is InChI=1S/C7H13NO4/c1-3-12-7(2,10)8-4-5-11-6(8)9/h10H,3-5H2,1-2H3. The molecule has 0 radical (unpaired) electrons. The first-order valence-electron chi connectivity index (χ1n) is 3.88. The summed E-state index contributed by atoms with van der Waals surface area (Å²) >= 11 is 0. The Morgan fingerprint density at radius 1 is 1.83 bits per heavy atom. The second-order valence-corrected chi connectivity index (χ2v) is 2.63. The number of hydrogen-bond acceptors (Lipinski definition) is 4. The van der Waals surface area contributed by atoms with Crippen molar-refractivity contribution in [1.29, 1.82) is 0 Å². The molecule has 1 heterocycles. The summed E-state index contributed by atoms with van der Waals surface area (Å²) in [6.07, 6.45) is -0.534. The Labute approximate surface area is 70.9 Å². The fourth-order valence-corrected chi connectivity index (χ4v) is 1.12. The Bertz CT molecular complexity index is 180. The maximum Gasteiger partial charge on any atom is 0.414 e. The average molecular weight is 175 g/mol. The lowest BCUT2D eigenvalue weighted by atomic mass is 10.4.